The minimum absolute atomic E-state index is 0.497. The highest BCUT2D eigenvalue weighted by Crippen LogP contribution is 2.28. The molecule has 0 aliphatic heterocycles. The predicted octanol–water partition coefficient (Wildman–Crippen LogP) is 4.29. The summed E-state index contributed by atoms with van der Waals surface area (Å²) in [5.41, 5.74) is 2.10. The van der Waals surface area contributed by atoms with Gasteiger partial charge in [-0.05, 0) is 42.1 Å². The van der Waals surface area contributed by atoms with Crippen molar-refractivity contribution in [3.63, 3.8) is 0 Å². The van der Waals surface area contributed by atoms with Gasteiger partial charge in [0.25, 0.3) is 0 Å². The fourth-order valence-electron chi connectivity index (χ4n) is 2.94. The first-order valence-electron chi connectivity index (χ1n) is 9.19. The number of benzene rings is 2. The number of aliphatic hydroxyl groups excluding tert-OH is 1. The smallest absolute Gasteiger partial charge is 0.161 e. The first-order valence-corrected chi connectivity index (χ1v) is 9.19. The minimum Gasteiger partial charge on any atom is -0.493 e. The van der Waals surface area contributed by atoms with Crippen molar-refractivity contribution >= 4 is 0 Å². The van der Waals surface area contributed by atoms with Crippen LogP contribution in [0.1, 0.15) is 37.5 Å². The molecule has 0 spiro atoms. The molecule has 26 heavy (non-hydrogen) atoms. The van der Waals surface area contributed by atoms with E-state index in [1.807, 2.05) is 42.5 Å². The molecule has 1 N–H and O–H groups in total. The lowest BCUT2D eigenvalue weighted by atomic mass is 10.1. The van der Waals surface area contributed by atoms with Gasteiger partial charge in [-0.15, -0.1) is 0 Å². The molecular formula is C22H31NO3. The molecule has 0 amide bonds. The van der Waals surface area contributed by atoms with Crippen LogP contribution >= 0.6 is 0 Å². The fraction of sp³-hybridized carbons (Fsp3) is 0.455. The monoisotopic (exact) mass is 357 g/mol. The van der Waals surface area contributed by atoms with Crippen LogP contribution in [-0.2, 0) is 6.54 Å². The summed E-state index contributed by atoms with van der Waals surface area (Å²) in [6.45, 7) is 6.75. The van der Waals surface area contributed by atoms with Crippen LogP contribution in [0.25, 0.3) is 0 Å². The van der Waals surface area contributed by atoms with E-state index in [0.717, 1.165) is 42.1 Å². The molecular weight excluding hydrogens is 326 g/mol. The van der Waals surface area contributed by atoms with Crippen molar-refractivity contribution < 1.29 is 14.6 Å². The molecule has 1 atom stereocenters. The predicted molar refractivity (Wildman–Crippen MR) is 106 cm³/mol. The number of ether oxygens (including phenoxy) is 2. The maximum atomic E-state index is 10.6. The van der Waals surface area contributed by atoms with E-state index in [2.05, 4.69) is 24.8 Å². The van der Waals surface area contributed by atoms with Crippen molar-refractivity contribution in [3.8, 4) is 11.5 Å². The highest BCUT2D eigenvalue weighted by atomic mass is 16.5. The highest BCUT2D eigenvalue weighted by Gasteiger charge is 2.15. The molecule has 0 saturated carbocycles. The molecule has 0 fully saturated rings. The Labute approximate surface area is 157 Å². The molecule has 0 bridgehead atoms. The van der Waals surface area contributed by atoms with Crippen molar-refractivity contribution in [3.05, 3.63) is 59.7 Å². The normalized spacial score (nSPS) is 12.4. The number of methoxy groups -OCH3 is 2. The quantitative estimate of drug-likeness (QED) is 0.689. The largest absolute Gasteiger partial charge is 0.493 e. The molecule has 0 heterocycles. The fourth-order valence-corrected chi connectivity index (χ4v) is 2.94. The molecule has 0 aliphatic rings. The summed E-state index contributed by atoms with van der Waals surface area (Å²) >= 11 is 0. The molecule has 0 aliphatic carbocycles. The number of aliphatic hydroxyl groups is 1. The molecule has 2 aromatic rings. The van der Waals surface area contributed by atoms with Crippen LogP contribution in [0, 0.1) is 5.92 Å². The van der Waals surface area contributed by atoms with Crippen LogP contribution in [-0.4, -0.2) is 37.3 Å². The zero-order valence-corrected chi connectivity index (χ0v) is 16.3. The second-order valence-corrected chi connectivity index (χ2v) is 7.03. The highest BCUT2D eigenvalue weighted by molar-refractivity contribution is 5.42. The summed E-state index contributed by atoms with van der Waals surface area (Å²) in [6.07, 6.45) is 0.595. The van der Waals surface area contributed by atoms with Crippen LogP contribution in [0.4, 0.5) is 0 Å². The van der Waals surface area contributed by atoms with E-state index >= 15 is 0 Å². The Hall–Kier alpha value is -2.04. The van der Waals surface area contributed by atoms with Crippen molar-refractivity contribution in [2.24, 2.45) is 5.92 Å². The third-order valence-electron chi connectivity index (χ3n) is 4.49. The number of rotatable bonds is 10. The average molecular weight is 357 g/mol. The summed E-state index contributed by atoms with van der Waals surface area (Å²) in [5.74, 6) is 2.09. The van der Waals surface area contributed by atoms with Crippen LogP contribution in [0.2, 0.25) is 0 Å². The Kier molecular flexibility index (Phi) is 7.95. The van der Waals surface area contributed by atoms with E-state index in [9.17, 15) is 5.11 Å². The second kappa shape index (κ2) is 10.2. The first kappa shape index (κ1) is 20.3. The van der Waals surface area contributed by atoms with Gasteiger partial charge in [-0.2, -0.15) is 0 Å². The molecule has 2 aromatic carbocycles. The minimum atomic E-state index is -0.497. The van der Waals surface area contributed by atoms with E-state index < -0.39 is 6.10 Å². The lowest BCUT2D eigenvalue weighted by Gasteiger charge is -2.26. The van der Waals surface area contributed by atoms with E-state index in [0.29, 0.717) is 12.5 Å². The SMILES string of the molecule is COc1ccc(CN(CCC(C)C)CC(O)c2ccccc2)cc1OC. The summed E-state index contributed by atoms with van der Waals surface area (Å²) in [6, 6.07) is 15.8. The Balaban J connectivity index is 2.11. The van der Waals surface area contributed by atoms with Gasteiger partial charge in [0, 0.05) is 13.1 Å². The summed E-state index contributed by atoms with van der Waals surface area (Å²) in [7, 11) is 3.29. The molecule has 4 heteroatoms. The molecule has 1 unspecified atom stereocenters. The van der Waals surface area contributed by atoms with Gasteiger partial charge in [0.15, 0.2) is 11.5 Å². The Morgan fingerprint density at radius 3 is 2.27 bits per heavy atom. The summed E-state index contributed by atoms with van der Waals surface area (Å²) in [5, 5.41) is 10.6. The molecule has 0 saturated heterocycles. The standard InChI is InChI=1S/C22H31NO3/c1-17(2)12-13-23(16-20(24)19-8-6-5-7-9-19)15-18-10-11-21(25-3)22(14-18)26-4/h5-11,14,17,20,24H,12-13,15-16H2,1-4H3. The maximum absolute atomic E-state index is 10.6. The number of hydrogen-bond acceptors (Lipinski definition) is 4. The van der Waals surface area contributed by atoms with Gasteiger partial charge < -0.3 is 14.6 Å². The van der Waals surface area contributed by atoms with Gasteiger partial charge in [-0.1, -0.05) is 50.2 Å². The lowest BCUT2D eigenvalue weighted by molar-refractivity contribution is 0.106. The van der Waals surface area contributed by atoms with E-state index in [1.165, 1.54) is 0 Å². The van der Waals surface area contributed by atoms with E-state index in [4.69, 9.17) is 9.47 Å². The van der Waals surface area contributed by atoms with Crippen LogP contribution < -0.4 is 9.47 Å². The lowest BCUT2D eigenvalue weighted by Crippen LogP contribution is -2.30. The van der Waals surface area contributed by atoms with Crippen molar-refractivity contribution in [2.45, 2.75) is 32.9 Å². The van der Waals surface area contributed by atoms with Gasteiger partial charge in [0.1, 0.15) is 0 Å². The van der Waals surface area contributed by atoms with Gasteiger partial charge in [-0.3, -0.25) is 4.90 Å². The van der Waals surface area contributed by atoms with Crippen LogP contribution in [0.15, 0.2) is 48.5 Å². The number of hydrogen-bond donors (Lipinski definition) is 1. The molecule has 0 radical (unpaired) electrons. The van der Waals surface area contributed by atoms with Crippen molar-refractivity contribution in [1.82, 2.24) is 4.90 Å². The zero-order valence-electron chi connectivity index (χ0n) is 16.3. The third kappa shape index (κ3) is 6.04. The summed E-state index contributed by atoms with van der Waals surface area (Å²) in [4.78, 5) is 2.30. The topological polar surface area (TPSA) is 41.9 Å². The second-order valence-electron chi connectivity index (χ2n) is 7.03. The van der Waals surface area contributed by atoms with Crippen LogP contribution in [0.3, 0.4) is 0 Å². The molecule has 4 nitrogen and oxygen atoms in total. The van der Waals surface area contributed by atoms with E-state index in [1.54, 1.807) is 14.2 Å². The molecule has 2 rings (SSSR count). The summed E-state index contributed by atoms with van der Waals surface area (Å²) < 4.78 is 10.7. The molecule has 142 valence electrons. The van der Waals surface area contributed by atoms with Crippen molar-refractivity contribution in [1.29, 1.82) is 0 Å². The number of nitrogens with zero attached hydrogens (tertiary/aromatic N) is 1. The first-order chi connectivity index (χ1) is 12.5. The average Bonchev–Trinajstić information content (AvgIpc) is 2.66. The molecule has 0 aromatic heterocycles. The van der Waals surface area contributed by atoms with Crippen LogP contribution in [0.5, 0.6) is 11.5 Å². The van der Waals surface area contributed by atoms with Crippen molar-refractivity contribution in [2.75, 3.05) is 27.3 Å². The Morgan fingerprint density at radius 2 is 1.65 bits per heavy atom. The zero-order chi connectivity index (χ0) is 18.9. The van der Waals surface area contributed by atoms with Gasteiger partial charge in [-0.25, -0.2) is 0 Å². The third-order valence-corrected chi connectivity index (χ3v) is 4.49. The van der Waals surface area contributed by atoms with Gasteiger partial charge >= 0.3 is 0 Å². The van der Waals surface area contributed by atoms with Gasteiger partial charge in [0.2, 0.25) is 0 Å². The van der Waals surface area contributed by atoms with E-state index in [-0.39, 0.29) is 0 Å². The Bertz CT molecular complexity index is 658. The van der Waals surface area contributed by atoms with Gasteiger partial charge in [0.05, 0.1) is 20.3 Å². The Morgan fingerprint density at radius 1 is 0.962 bits per heavy atom. The maximum Gasteiger partial charge on any atom is 0.161 e.